The van der Waals surface area contributed by atoms with E-state index in [1.54, 1.807) is 12.1 Å². The molecular weight excluding hydrogens is 362 g/mol. The second kappa shape index (κ2) is 8.20. The number of nitrogens with zero attached hydrogens (tertiary/aromatic N) is 1. The molecule has 7 heteroatoms. The van der Waals surface area contributed by atoms with Gasteiger partial charge in [-0.15, -0.1) is 11.3 Å². The molecule has 0 saturated heterocycles. The van der Waals surface area contributed by atoms with Gasteiger partial charge in [0.1, 0.15) is 0 Å². The quantitative estimate of drug-likeness (QED) is 0.592. The molecule has 2 amide bonds. The van der Waals surface area contributed by atoms with Crippen LogP contribution in [0.1, 0.15) is 11.7 Å². The second-order valence-corrected chi connectivity index (χ2v) is 7.22. The minimum absolute atomic E-state index is 0.0352. The van der Waals surface area contributed by atoms with Crippen molar-refractivity contribution in [3.05, 3.63) is 59.5 Å². The van der Waals surface area contributed by atoms with Gasteiger partial charge in [0, 0.05) is 42.3 Å². The zero-order valence-electron chi connectivity index (χ0n) is 15.1. The van der Waals surface area contributed by atoms with Crippen molar-refractivity contribution in [1.29, 1.82) is 0 Å². The van der Waals surface area contributed by atoms with Gasteiger partial charge in [-0.05, 0) is 41.1 Å². The molecule has 0 radical (unpaired) electrons. The number of rotatable bonds is 5. The number of benzene rings is 2. The Morgan fingerprint density at radius 2 is 1.78 bits per heavy atom. The van der Waals surface area contributed by atoms with E-state index in [1.807, 2.05) is 60.8 Å². The fourth-order valence-electron chi connectivity index (χ4n) is 2.67. The third-order valence-corrected chi connectivity index (χ3v) is 5.16. The van der Waals surface area contributed by atoms with Gasteiger partial charge in [0.15, 0.2) is 0 Å². The van der Waals surface area contributed by atoms with Crippen LogP contribution in [0.3, 0.4) is 0 Å². The van der Waals surface area contributed by atoms with E-state index in [2.05, 4.69) is 10.6 Å². The molecule has 1 unspecified atom stereocenters. The van der Waals surface area contributed by atoms with Crippen molar-refractivity contribution in [2.24, 2.45) is 0 Å². The molecule has 0 aliphatic rings. The molecular formula is C20H21N3O3S. The monoisotopic (exact) mass is 383 g/mol. The van der Waals surface area contributed by atoms with Crippen molar-refractivity contribution in [2.45, 2.75) is 6.10 Å². The highest BCUT2D eigenvalue weighted by molar-refractivity contribution is 7.17. The Morgan fingerprint density at radius 3 is 2.48 bits per heavy atom. The predicted molar refractivity (Wildman–Crippen MR) is 109 cm³/mol. The van der Waals surface area contributed by atoms with Crippen molar-refractivity contribution in [3.63, 3.8) is 0 Å². The molecule has 1 aromatic heterocycles. The summed E-state index contributed by atoms with van der Waals surface area (Å²) in [7, 11) is 3.84. The van der Waals surface area contributed by atoms with Gasteiger partial charge in [-0.2, -0.15) is 0 Å². The Bertz CT molecular complexity index is 951. The second-order valence-electron chi connectivity index (χ2n) is 6.31. The number of carbonyl (C=O) groups is 2. The van der Waals surface area contributed by atoms with Gasteiger partial charge in [0.05, 0.1) is 6.10 Å². The van der Waals surface area contributed by atoms with Crippen molar-refractivity contribution in [3.8, 4) is 0 Å². The van der Waals surface area contributed by atoms with E-state index in [9.17, 15) is 14.7 Å². The van der Waals surface area contributed by atoms with Crippen LogP contribution in [0.15, 0.2) is 53.9 Å². The van der Waals surface area contributed by atoms with E-state index >= 15 is 0 Å². The lowest BCUT2D eigenvalue weighted by atomic mass is 10.1. The minimum Gasteiger partial charge on any atom is -0.387 e. The number of aliphatic hydroxyl groups is 1. The molecule has 140 valence electrons. The van der Waals surface area contributed by atoms with Gasteiger partial charge < -0.3 is 20.6 Å². The zero-order valence-corrected chi connectivity index (χ0v) is 15.9. The minimum atomic E-state index is -0.878. The third-order valence-electron chi connectivity index (χ3n) is 4.17. The maximum Gasteiger partial charge on any atom is 0.313 e. The van der Waals surface area contributed by atoms with Gasteiger partial charge in [-0.1, -0.05) is 18.2 Å². The summed E-state index contributed by atoms with van der Waals surface area (Å²) in [5, 5.41) is 18.2. The van der Waals surface area contributed by atoms with E-state index < -0.39 is 17.9 Å². The molecule has 1 heterocycles. The lowest BCUT2D eigenvalue weighted by molar-refractivity contribution is -0.136. The average Bonchev–Trinajstić information content (AvgIpc) is 3.10. The highest BCUT2D eigenvalue weighted by Crippen LogP contribution is 2.29. The maximum atomic E-state index is 12.0. The summed E-state index contributed by atoms with van der Waals surface area (Å²) >= 11 is 1.53. The molecule has 0 saturated carbocycles. The molecule has 0 aliphatic heterocycles. The molecule has 3 N–H and O–H groups in total. The van der Waals surface area contributed by atoms with E-state index in [1.165, 1.54) is 11.3 Å². The molecule has 27 heavy (non-hydrogen) atoms. The number of carbonyl (C=O) groups excluding carboxylic acids is 2. The molecule has 6 nitrogen and oxygen atoms in total. The first-order valence-electron chi connectivity index (χ1n) is 8.46. The Balaban J connectivity index is 1.56. The largest absolute Gasteiger partial charge is 0.387 e. The normalized spacial score (nSPS) is 11.8. The van der Waals surface area contributed by atoms with Crippen LogP contribution in [0, 0.1) is 0 Å². The number of nitrogens with one attached hydrogen (secondary N) is 2. The Kier molecular flexibility index (Phi) is 5.73. The van der Waals surface area contributed by atoms with Crippen LogP contribution in [0.2, 0.25) is 0 Å². The first kappa shape index (κ1) is 18.9. The van der Waals surface area contributed by atoms with Crippen LogP contribution in [0.4, 0.5) is 11.4 Å². The Hall–Kier alpha value is -2.90. The third kappa shape index (κ3) is 4.45. The summed E-state index contributed by atoms with van der Waals surface area (Å²) in [4.78, 5) is 26.0. The molecule has 0 spiro atoms. The van der Waals surface area contributed by atoms with Gasteiger partial charge in [0.25, 0.3) is 0 Å². The summed E-state index contributed by atoms with van der Waals surface area (Å²) in [5.74, 6) is -1.56. The van der Waals surface area contributed by atoms with E-state index in [0.29, 0.717) is 5.69 Å². The lowest BCUT2D eigenvalue weighted by Gasteiger charge is -2.13. The average molecular weight is 383 g/mol. The number of hydrogen-bond donors (Lipinski definition) is 3. The maximum absolute atomic E-state index is 12.0. The van der Waals surface area contributed by atoms with Gasteiger partial charge in [0.2, 0.25) is 0 Å². The molecule has 0 bridgehead atoms. The van der Waals surface area contributed by atoms with Crippen molar-refractivity contribution < 1.29 is 14.7 Å². The summed E-state index contributed by atoms with van der Waals surface area (Å²) in [6.45, 7) is -0.0352. The number of anilines is 2. The standard InChI is InChI=1S/C20H21N3O3S/c1-23(2)14-9-7-13(8-10-14)22-20(26)19(25)21-11-17(24)16-12-27-18-6-4-3-5-15(16)18/h3-10,12,17,24H,11H2,1-2H3,(H,21,25)(H,22,26). The van der Waals surface area contributed by atoms with Crippen LogP contribution in [0.5, 0.6) is 0 Å². The van der Waals surface area contributed by atoms with Crippen LogP contribution in [0.25, 0.3) is 10.1 Å². The van der Waals surface area contributed by atoms with E-state index in [-0.39, 0.29) is 6.54 Å². The number of fused-ring (bicyclic) bond motifs is 1. The van der Waals surface area contributed by atoms with Gasteiger partial charge in [-0.25, -0.2) is 0 Å². The number of thiophene rings is 1. The highest BCUT2D eigenvalue weighted by atomic mass is 32.1. The van der Waals surface area contributed by atoms with Crippen LogP contribution >= 0.6 is 11.3 Å². The highest BCUT2D eigenvalue weighted by Gasteiger charge is 2.18. The summed E-state index contributed by atoms with van der Waals surface area (Å²) in [5.41, 5.74) is 2.27. The Labute approximate surface area is 161 Å². The van der Waals surface area contributed by atoms with Crippen LogP contribution in [-0.4, -0.2) is 37.6 Å². The van der Waals surface area contributed by atoms with E-state index in [0.717, 1.165) is 21.3 Å². The number of hydrogen-bond acceptors (Lipinski definition) is 5. The first-order valence-corrected chi connectivity index (χ1v) is 9.34. The fraction of sp³-hybridized carbons (Fsp3) is 0.200. The summed E-state index contributed by atoms with van der Waals surface area (Å²) < 4.78 is 1.07. The summed E-state index contributed by atoms with van der Waals surface area (Å²) in [6.07, 6.45) is -0.878. The smallest absolute Gasteiger partial charge is 0.313 e. The molecule has 2 aromatic carbocycles. The molecule has 3 rings (SSSR count). The fourth-order valence-corrected chi connectivity index (χ4v) is 3.67. The topological polar surface area (TPSA) is 81.7 Å². The number of aliphatic hydroxyl groups excluding tert-OH is 1. The van der Waals surface area contributed by atoms with Crippen LogP contribution < -0.4 is 15.5 Å². The molecule has 1 atom stereocenters. The van der Waals surface area contributed by atoms with Crippen molar-refractivity contribution in [1.82, 2.24) is 5.32 Å². The SMILES string of the molecule is CN(C)c1ccc(NC(=O)C(=O)NCC(O)c2csc3ccccc23)cc1. The van der Waals surface area contributed by atoms with Crippen molar-refractivity contribution >= 4 is 44.6 Å². The molecule has 0 aliphatic carbocycles. The summed E-state index contributed by atoms with van der Waals surface area (Å²) in [6, 6.07) is 14.9. The molecule has 3 aromatic rings. The van der Waals surface area contributed by atoms with Crippen LogP contribution in [-0.2, 0) is 9.59 Å². The zero-order chi connectivity index (χ0) is 19.4. The first-order chi connectivity index (χ1) is 13.0. The lowest BCUT2D eigenvalue weighted by Crippen LogP contribution is -2.37. The Morgan fingerprint density at radius 1 is 1.07 bits per heavy atom. The predicted octanol–water partition coefficient (Wildman–Crippen LogP) is 2.76. The van der Waals surface area contributed by atoms with Gasteiger partial charge in [-0.3, -0.25) is 9.59 Å². The van der Waals surface area contributed by atoms with E-state index in [4.69, 9.17) is 0 Å². The van der Waals surface area contributed by atoms with Gasteiger partial charge >= 0.3 is 11.8 Å². The number of amides is 2. The molecule has 0 fully saturated rings. The van der Waals surface area contributed by atoms with Crippen molar-refractivity contribution in [2.75, 3.05) is 30.9 Å².